The van der Waals surface area contributed by atoms with E-state index in [1.165, 1.54) is 4.57 Å². The number of hydrogen-bond donors (Lipinski definition) is 2. The first-order chi connectivity index (χ1) is 11.2. The Bertz CT molecular complexity index is 1020. The lowest BCUT2D eigenvalue weighted by atomic mass is 10.0. The lowest BCUT2D eigenvalue weighted by Crippen LogP contribution is -2.34. The number of aromatic nitrogens is 2. The van der Waals surface area contributed by atoms with Crippen LogP contribution in [0.15, 0.2) is 41.2 Å². The Balaban J connectivity index is 2.07. The van der Waals surface area contributed by atoms with Gasteiger partial charge in [-0.25, -0.2) is 9.36 Å². The van der Waals surface area contributed by atoms with Gasteiger partial charge in [-0.3, -0.25) is 4.57 Å². The first-order valence-electron chi connectivity index (χ1n) is 7.38. The molecule has 1 aliphatic rings. The lowest BCUT2D eigenvalue weighted by molar-refractivity contribution is 0.422. The molecule has 4 rings (SSSR count). The van der Waals surface area contributed by atoms with E-state index in [0.29, 0.717) is 36.6 Å². The average Bonchev–Trinajstić information content (AvgIpc) is 2.85. The van der Waals surface area contributed by atoms with Crippen LogP contribution in [-0.4, -0.2) is 20.8 Å². The van der Waals surface area contributed by atoms with E-state index in [-0.39, 0.29) is 11.6 Å². The van der Waals surface area contributed by atoms with E-state index in [1.807, 2.05) is 24.3 Å². The van der Waals surface area contributed by atoms with Crippen molar-refractivity contribution in [1.29, 1.82) is 5.26 Å². The Morgan fingerprint density at radius 3 is 2.70 bits per heavy atom. The highest BCUT2D eigenvalue weighted by Crippen LogP contribution is 2.29. The van der Waals surface area contributed by atoms with Crippen LogP contribution in [0.2, 0.25) is 0 Å². The molecule has 0 atom stereocenters. The molecule has 0 saturated carbocycles. The summed E-state index contributed by atoms with van der Waals surface area (Å²) in [7, 11) is 0. The Morgan fingerprint density at radius 2 is 1.96 bits per heavy atom. The fraction of sp³-hybridized carbons (Fsp3) is 0.176. The van der Waals surface area contributed by atoms with E-state index in [2.05, 4.69) is 11.4 Å². The molecule has 114 valence electrons. The monoisotopic (exact) mass is 306 g/mol. The van der Waals surface area contributed by atoms with Crippen LogP contribution in [0.3, 0.4) is 0 Å². The van der Waals surface area contributed by atoms with Crippen molar-refractivity contribution in [1.82, 2.24) is 14.5 Å². The second kappa shape index (κ2) is 5.00. The summed E-state index contributed by atoms with van der Waals surface area (Å²) in [4.78, 5) is 12.7. The van der Waals surface area contributed by atoms with Crippen LogP contribution in [0.5, 0.6) is 5.88 Å². The van der Waals surface area contributed by atoms with Gasteiger partial charge in [-0.15, -0.1) is 0 Å². The minimum atomic E-state index is -0.256. The molecule has 2 heterocycles. The summed E-state index contributed by atoms with van der Waals surface area (Å²) in [5.74, 6) is -0.0444. The zero-order chi connectivity index (χ0) is 16.0. The van der Waals surface area contributed by atoms with Gasteiger partial charge >= 0.3 is 5.69 Å². The Morgan fingerprint density at radius 1 is 1.17 bits per heavy atom. The van der Waals surface area contributed by atoms with Crippen LogP contribution in [0.25, 0.3) is 16.5 Å². The Hall–Kier alpha value is -3.04. The van der Waals surface area contributed by atoms with Gasteiger partial charge in [0, 0.05) is 30.4 Å². The minimum Gasteiger partial charge on any atom is -0.493 e. The molecule has 0 amide bonds. The molecule has 3 aromatic rings. The van der Waals surface area contributed by atoms with Crippen molar-refractivity contribution in [2.45, 2.75) is 13.1 Å². The van der Waals surface area contributed by atoms with Crippen LogP contribution in [0.4, 0.5) is 0 Å². The molecule has 2 aromatic carbocycles. The third-order valence-corrected chi connectivity index (χ3v) is 4.28. The molecule has 1 aliphatic heterocycles. The Kier molecular flexibility index (Phi) is 2.96. The zero-order valence-electron chi connectivity index (χ0n) is 12.3. The lowest BCUT2D eigenvalue weighted by Gasteiger charge is -2.13. The predicted octanol–water partition coefficient (Wildman–Crippen LogP) is 1.47. The van der Waals surface area contributed by atoms with Gasteiger partial charge in [0.25, 0.3) is 0 Å². The summed E-state index contributed by atoms with van der Waals surface area (Å²) in [6, 6.07) is 13.0. The van der Waals surface area contributed by atoms with E-state index >= 15 is 0 Å². The van der Waals surface area contributed by atoms with Gasteiger partial charge in [0.15, 0.2) is 0 Å². The van der Waals surface area contributed by atoms with E-state index in [1.54, 1.807) is 16.7 Å². The van der Waals surface area contributed by atoms with Gasteiger partial charge in [0.05, 0.1) is 23.0 Å². The van der Waals surface area contributed by atoms with Crippen LogP contribution >= 0.6 is 0 Å². The van der Waals surface area contributed by atoms with Crippen molar-refractivity contribution in [2.24, 2.45) is 0 Å². The van der Waals surface area contributed by atoms with Crippen molar-refractivity contribution in [3.8, 4) is 17.6 Å². The number of nitrogens with zero attached hydrogens (tertiary/aromatic N) is 3. The smallest absolute Gasteiger partial charge is 0.336 e. The van der Waals surface area contributed by atoms with Crippen molar-refractivity contribution in [3.63, 3.8) is 0 Å². The summed E-state index contributed by atoms with van der Waals surface area (Å²) in [6.07, 6.45) is 0. The average molecular weight is 306 g/mol. The maximum absolute atomic E-state index is 12.7. The van der Waals surface area contributed by atoms with Gasteiger partial charge in [0.2, 0.25) is 5.88 Å². The molecule has 0 radical (unpaired) electrons. The highest BCUT2D eigenvalue weighted by Gasteiger charge is 2.23. The molecule has 0 aliphatic carbocycles. The Labute approximate surface area is 131 Å². The maximum atomic E-state index is 12.7. The normalized spacial score (nSPS) is 13.7. The summed E-state index contributed by atoms with van der Waals surface area (Å²) in [5.41, 5.74) is 1.47. The summed E-state index contributed by atoms with van der Waals surface area (Å²) in [5, 5.41) is 24.5. The van der Waals surface area contributed by atoms with Crippen molar-refractivity contribution in [2.75, 3.05) is 6.54 Å². The number of nitrogens with one attached hydrogen (secondary N) is 1. The molecule has 6 nitrogen and oxygen atoms in total. The maximum Gasteiger partial charge on any atom is 0.336 e. The fourth-order valence-electron chi connectivity index (χ4n) is 3.17. The molecule has 23 heavy (non-hydrogen) atoms. The molecular formula is C17H14N4O2. The molecule has 0 saturated heterocycles. The summed E-state index contributed by atoms with van der Waals surface area (Å²) in [6.45, 7) is 1.69. The van der Waals surface area contributed by atoms with E-state index in [9.17, 15) is 15.2 Å². The van der Waals surface area contributed by atoms with Gasteiger partial charge in [-0.2, -0.15) is 5.26 Å². The number of benzene rings is 2. The molecule has 6 heteroatoms. The number of imidazole rings is 1. The number of aromatic hydroxyl groups is 1. The van der Waals surface area contributed by atoms with E-state index in [0.717, 1.165) is 10.8 Å². The van der Waals surface area contributed by atoms with Gasteiger partial charge in [-0.1, -0.05) is 24.3 Å². The minimum absolute atomic E-state index is 0.0444. The topological polar surface area (TPSA) is 83.0 Å². The van der Waals surface area contributed by atoms with Crippen LogP contribution < -0.4 is 11.0 Å². The fourth-order valence-corrected chi connectivity index (χ4v) is 3.17. The molecule has 2 N–H and O–H groups in total. The van der Waals surface area contributed by atoms with E-state index in [4.69, 9.17) is 0 Å². The largest absolute Gasteiger partial charge is 0.493 e. The molecule has 0 bridgehead atoms. The summed E-state index contributed by atoms with van der Waals surface area (Å²) >= 11 is 0. The molecular weight excluding hydrogens is 292 g/mol. The highest BCUT2D eigenvalue weighted by atomic mass is 16.3. The van der Waals surface area contributed by atoms with Crippen LogP contribution in [-0.2, 0) is 13.1 Å². The first-order valence-corrected chi connectivity index (χ1v) is 7.38. The molecule has 1 aromatic heterocycles. The van der Waals surface area contributed by atoms with Crippen molar-refractivity contribution < 1.29 is 5.11 Å². The first kappa shape index (κ1) is 13.6. The molecule has 0 spiro atoms. The van der Waals surface area contributed by atoms with Crippen molar-refractivity contribution >= 4 is 10.8 Å². The second-order valence-electron chi connectivity index (χ2n) is 5.51. The molecule has 0 unspecified atom stereocenters. The standard InChI is InChI=1S/C17H14N4O2/c18-9-11-5-6-14(13-4-2-1-3-12(11)13)21-16(22)15-10-19-7-8-20(15)17(21)23/h1-6,19,22H,7-8,10H2. The second-order valence-corrected chi connectivity index (χ2v) is 5.51. The number of rotatable bonds is 1. The third-order valence-electron chi connectivity index (χ3n) is 4.28. The van der Waals surface area contributed by atoms with Crippen LogP contribution in [0, 0.1) is 11.3 Å². The van der Waals surface area contributed by atoms with Gasteiger partial charge in [-0.05, 0) is 12.1 Å². The van der Waals surface area contributed by atoms with E-state index < -0.39 is 0 Å². The number of nitriles is 1. The third kappa shape index (κ3) is 1.87. The van der Waals surface area contributed by atoms with Gasteiger partial charge in [0.1, 0.15) is 0 Å². The van der Waals surface area contributed by atoms with Crippen LogP contribution in [0.1, 0.15) is 11.3 Å². The number of hydrogen-bond acceptors (Lipinski definition) is 4. The number of fused-ring (bicyclic) bond motifs is 2. The SMILES string of the molecule is N#Cc1ccc(-n2c(O)c3n(c2=O)CCNC3)c2ccccc12. The summed E-state index contributed by atoms with van der Waals surface area (Å²) < 4.78 is 2.92. The zero-order valence-corrected chi connectivity index (χ0v) is 12.3. The van der Waals surface area contributed by atoms with Crippen molar-refractivity contribution in [3.05, 3.63) is 58.1 Å². The van der Waals surface area contributed by atoms with Gasteiger partial charge < -0.3 is 10.4 Å². The quantitative estimate of drug-likeness (QED) is 0.713. The highest BCUT2D eigenvalue weighted by molar-refractivity contribution is 5.94. The molecule has 0 fully saturated rings. The predicted molar refractivity (Wildman–Crippen MR) is 85.6 cm³/mol.